The topological polar surface area (TPSA) is 42.1 Å². The van der Waals surface area contributed by atoms with Gasteiger partial charge in [-0.3, -0.25) is 4.98 Å². The van der Waals surface area contributed by atoms with Gasteiger partial charge in [0.25, 0.3) is 0 Å². The number of anilines is 2. The van der Waals surface area contributed by atoms with Crippen LogP contribution in [0.1, 0.15) is 19.3 Å². The molecule has 3 rings (SSSR count). The van der Waals surface area contributed by atoms with Gasteiger partial charge in [0.05, 0.1) is 17.6 Å². The van der Waals surface area contributed by atoms with Crippen molar-refractivity contribution in [1.82, 2.24) is 4.98 Å². The van der Waals surface area contributed by atoms with Gasteiger partial charge < -0.3 is 10.6 Å². The molecule has 1 aromatic rings. The molecular weight excluding hydrogens is 174 g/mol. The van der Waals surface area contributed by atoms with Gasteiger partial charge in [-0.05, 0) is 31.2 Å². The average molecular weight is 189 g/mol. The second kappa shape index (κ2) is 2.87. The number of fused-ring (bicyclic) bond motifs is 2. The molecule has 1 aliphatic carbocycles. The van der Waals surface area contributed by atoms with Crippen LogP contribution in [0.2, 0.25) is 0 Å². The van der Waals surface area contributed by atoms with Crippen molar-refractivity contribution < 1.29 is 0 Å². The van der Waals surface area contributed by atoms with Crippen LogP contribution >= 0.6 is 0 Å². The van der Waals surface area contributed by atoms with Gasteiger partial charge >= 0.3 is 0 Å². The van der Waals surface area contributed by atoms with Gasteiger partial charge in [0, 0.05) is 18.8 Å². The van der Waals surface area contributed by atoms with E-state index in [1.165, 1.54) is 31.5 Å². The summed E-state index contributed by atoms with van der Waals surface area (Å²) in [5, 5.41) is 0. The molecule has 2 heterocycles. The number of hydrogen-bond acceptors (Lipinski definition) is 3. The Hall–Kier alpha value is -1.25. The third-order valence-corrected chi connectivity index (χ3v) is 3.49. The Kier molecular flexibility index (Phi) is 1.66. The summed E-state index contributed by atoms with van der Waals surface area (Å²) in [5.41, 5.74) is 7.71. The number of nitrogens with two attached hydrogens (primary N) is 1. The molecule has 1 aromatic heterocycles. The number of rotatable bonds is 1. The maximum atomic E-state index is 5.74. The molecule has 0 radical (unpaired) electrons. The van der Waals surface area contributed by atoms with Crippen LogP contribution in [-0.2, 0) is 0 Å². The molecule has 2 atom stereocenters. The Morgan fingerprint density at radius 2 is 2.29 bits per heavy atom. The van der Waals surface area contributed by atoms with Crippen LogP contribution in [0.4, 0.5) is 11.4 Å². The van der Waals surface area contributed by atoms with Gasteiger partial charge in [-0.1, -0.05) is 0 Å². The fraction of sp³-hybridized carbons (Fsp3) is 0.545. The molecule has 2 unspecified atom stereocenters. The third-order valence-electron chi connectivity index (χ3n) is 3.49. The van der Waals surface area contributed by atoms with Crippen LogP contribution in [0.25, 0.3) is 0 Å². The van der Waals surface area contributed by atoms with E-state index in [1.807, 2.05) is 12.3 Å². The van der Waals surface area contributed by atoms with Crippen LogP contribution < -0.4 is 10.6 Å². The van der Waals surface area contributed by atoms with Crippen molar-refractivity contribution in [3.8, 4) is 0 Å². The summed E-state index contributed by atoms with van der Waals surface area (Å²) >= 11 is 0. The summed E-state index contributed by atoms with van der Waals surface area (Å²) in [6, 6.07) is 2.79. The average Bonchev–Trinajstić information content (AvgIpc) is 2.78. The van der Waals surface area contributed by atoms with E-state index < -0.39 is 0 Å². The Balaban J connectivity index is 1.89. The highest BCUT2D eigenvalue weighted by atomic mass is 15.2. The zero-order valence-electron chi connectivity index (χ0n) is 8.19. The molecule has 0 amide bonds. The maximum absolute atomic E-state index is 5.74. The molecule has 2 fully saturated rings. The molecule has 0 spiro atoms. The standard InChI is InChI=1S/C11H15N3/c12-9-4-11(6-13-5-9)14-7-8-1-2-10(14)3-8/h4-6,8,10H,1-3,7,12H2. The number of nitrogens with zero attached hydrogens (tertiary/aromatic N) is 2. The second-order valence-electron chi connectivity index (χ2n) is 4.46. The van der Waals surface area contributed by atoms with Gasteiger partial charge in [-0.25, -0.2) is 0 Å². The number of nitrogen functional groups attached to an aromatic ring is 1. The fourth-order valence-electron chi connectivity index (χ4n) is 2.84. The highest BCUT2D eigenvalue weighted by Crippen LogP contribution is 2.40. The predicted molar refractivity (Wildman–Crippen MR) is 57.1 cm³/mol. The van der Waals surface area contributed by atoms with Gasteiger partial charge in [0.15, 0.2) is 0 Å². The van der Waals surface area contributed by atoms with Crippen molar-refractivity contribution in [2.24, 2.45) is 5.92 Å². The first-order chi connectivity index (χ1) is 6.83. The second-order valence-corrected chi connectivity index (χ2v) is 4.46. The highest BCUT2D eigenvalue weighted by molar-refractivity contribution is 5.55. The van der Waals surface area contributed by atoms with E-state index in [1.54, 1.807) is 6.20 Å². The number of pyridine rings is 1. The van der Waals surface area contributed by atoms with E-state index in [0.29, 0.717) is 0 Å². The van der Waals surface area contributed by atoms with E-state index in [-0.39, 0.29) is 0 Å². The third kappa shape index (κ3) is 1.15. The quantitative estimate of drug-likeness (QED) is 0.730. The summed E-state index contributed by atoms with van der Waals surface area (Å²) in [5.74, 6) is 0.918. The molecule has 1 saturated carbocycles. The van der Waals surface area contributed by atoms with Gasteiger partial charge in [-0.2, -0.15) is 0 Å². The molecule has 3 heteroatoms. The van der Waals surface area contributed by atoms with Crippen LogP contribution in [0.3, 0.4) is 0 Å². The maximum Gasteiger partial charge on any atom is 0.0576 e. The molecule has 74 valence electrons. The van der Waals surface area contributed by atoms with E-state index in [0.717, 1.165) is 17.6 Å². The molecule has 1 aliphatic heterocycles. The van der Waals surface area contributed by atoms with E-state index >= 15 is 0 Å². The smallest absolute Gasteiger partial charge is 0.0576 e. The minimum Gasteiger partial charge on any atom is -0.397 e. The molecule has 2 N–H and O–H groups in total. The summed E-state index contributed by atoms with van der Waals surface area (Å²) < 4.78 is 0. The van der Waals surface area contributed by atoms with Crippen LogP contribution in [0, 0.1) is 5.92 Å². The van der Waals surface area contributed by atoms with Crippen molar-refractivity contribution >= 4 is 11.4 Å². The lowest BCUT2D eigenvalue weighted by molar-refractivity contribution is 0.553. The Labute approximate surface area is 83.9 Å². The van der Waals surface area contributed by atoms with Crippen LogP contribution in [0.15, 0.2) is 18.5 Å². The largest absolute Gasteiger partial charge is 0.397 e. The van der Waals surface area contributed by atoms with E-state index in [9.17, 15) is 0 Å². The van der Waals surface area contributed by atoms with Gasteiger partial charge in [0.1, 0.15) is 0 Å². The first-order valence-corrected chi connectivity index (χ1v) is 5.30. The Morgan fingerprint density at radius 1 is 1.36 bits per heavy atom. The first kappa shape index (κ1) is 8.09. The minimum atomic E-state index is 0.753. The van der Waals surface area contributed by atoms with E-state index in [4.69, 9.17) is 5.73 Å². The lowest BCUT2D eigenvalue weighted by Gasteiger charge is -2.28. The molecule has 3 nitrogen and oxygen atoms in total. The van der Waals surface area contributed by atoms with Crippen molar-refractivity contribution in [3.63, 3.8) is 0 Å². The monoisotopic (exact) mass is 189 g/mol. The number of piperidine rings is 1. The lowest BCUT2D eigenvalue weighted by atomic mass is 10.1. The minimum absolute atomic E-state index is 0.753. The molecule has 1 saturated heterocycles. The zero-order chi connectivity index (χ0) is 9.54. The number of aromatic nitrogens is 1. The van der Waals surface area contributed by atoms with Gasteiger partial charge in [-0.15, -0.1) is 0 Å². The summed E-state index contributed by atoms with van der Waals surface area (Å²) in [6.45, 7) is 1.20. The predicted octanol–water partition coefficient (Wildman–Crippen LogP) is 1.65. The fourth-order valence-corrected chi connectivity index (χ4v) is 2.84. The summed E-state index contributed by atoms with van der Waals surface area (Å²) in [4.78, 5) is 6.62. The van der Waals surface area contributed by atoms with E-state index in [2.05, 4.69) is 9.88 Å². The van der Waals surface area contributed by atoms with Gasteiger partial charge in [0.2, 0.25) is 0 Å². The Bertz CT molecular complexity index is 350. The normalized spacial score (nSPS) is 29.9. The first-order valence-electron chi connectivity index (χ1n) is 5.30. The molecule has 2 bridgehead atoms. The lowest BCUT2D eigenvalue weighted by Crippen LogP contribution is -2.31. The van der Waals surface area contributed by atoms with Crippen molar-refractivity contribution in [2.45, 2.75) is 25.3 Å². The summed E-state index contributed by atoms with van der Waals surface area (Å²) in [6.07, 6.45) is 7.76. The van der Waals surface area contributed by atoms with Crippen molar-refractivity contribution in [2.75, 3.05) is 17.2 Å². The number of hydrogen-bond donors (Lipinski definition) is 1. The molecular formula is C11H15N3. The van der Waals surface area contributed by atoms with Crippen molar-refractivity contribution in [1.29, 1.82) is 0 Å². The zero-order valence-corrected chi connectivity index (χ0v) is 8.19. The summed E-state index contributed by atoms with van der Waals surface area (Å²) in [7, 11) is 0. The Morgan fingerprint density at radius 3 is 2.93 bits per heavy atom. The highest BCUT2D eigenvalue weighted by Gasteiger charge is 2.37. The molecule has 2 aliphatic rings. The van der Waals surface area contributed by atoms with Crippen LogP contribution in [0.5, 0.6) is 0 Å². The van der Waals surface area contributed by atoms with Crippen molar-refractivity contribution in [3.05, 3.63) is 18.5 Å². The SMILES string of the molecule is Nc1cncc(N2CC3CCC2C3)c1. The molecule has 14 heavy (non-hydrogen) atoms. The molecule has 0 aromatic carbocycles. The van der Waals surface area contributed by atoms with Crippen LogP contribution in [-0.4, -0.2) is 17.6 Å².